The molecule has 224 valence electrons. The summed E-state index contributed by atoms with van der Waals surface area (Å²) in [5.74, 6) is 0.777. The average molecular weight is 588 g/mol. The van der Waals surface area contributed by atoms with Crippen LogP contribution in [0.3, 0.4) is 0 Å². The van der Waals surface area contributed by atoms with E-state index in [-0.39, 0.29) is 11.8 Å². The molecule has 0 unspecified atom stereocenters. The van der Waals surface area contributed by atoms with Crippen LogP contribution in [0.15, 0.2) is 85.6 Å². The van der Waals surface area contributed by atoms with E-state index in [1.165, 1.54) is 25.9 Å². The smallest absolute Gasteiger partial charge is 0.256 e. The number of amides is 2. The second kappa shape index (κ2) is 13.1. The molecule has 4 aromatic rings. The van der Waals surface area contributed by atoms with Crippen molar-refractivity contribution in [3.63, 3.8) is 0 Å². The van der Waals surface area contributed by atoms with Gasteiger partial charge in [-0.05, 0) is 94.4 Å². The van der Waals surface area contributed by atoms with Gasteiger partial charge in [0, 0.05) is 58.6 Å². The summed E-state index contributed by atoms with van der Waals surface area (Å²) in [6.45, 7) is 10.6. The van der Waals surface area contributed by atoms with Crippen LogP contribution in [-0.2, 0) is 4.79 Å². The molecule has 4 N–H and O–H groups in total. The molecule has 0 radical (unpaired) electrons. The topological polar surface area (TPSA) is 98.5 Å². The van der Waals surface area contributed by atoms with Crippen LogP contribution in [0.1, 0.15) is 52.0 Å². The maximum atomic E-state index is 12.9. The summed E-state index contributed by atoms with van der Waals surface area (Å²) >= 11 is 0. The number of H-pyrrole nitrogens is 1. The molecule has 44 heavy (non-hydrogen) atoms. The number of hydrogen-bond donors (Lipinski definition) is 4. The van der Waals surface area contributed by atoms with Crippen molar-refractivity contribution in [1.82, 2.24) is 15.2 Å². The van der Waals surface area contributed by atoms with Gasteiger partial charge < -0.3 is 30.6 Å². The Morgan fingerprint density at radius 1 is 1.00 bits per heavy atom. The second-order valence-electron chi connectivity index (χ2n) is 11.3. The number of aromatic nitrogens is 1. The van der Waals surface area contributed by atoms with Gasteiger partial charge in [-0.15, -0.1) is 0 Å². The largest absolute Gasteiger partial charge is 0.457 e. The van der Waals surface area contributed by atoms with Crippen molar-refractivity contribution in [3.05, 3.63) is 114 Å². The number of nitrogens with zero attached hydrogens (tertiary/aromatic N) is 1. The third-order valence-corrected chi connectivity index (χ3v) is 7.92. The average Bonchev–Trinajstić information content (AvgIpc) is 3.77. The number of anilines is 2. The molecular formula is C36H37N5O3. The number of aryl methyl sites for hydroxylation is 1. The molecule has 3 aromatic carbocycles. The van der Waals surface area contributed by atoms with Crippen LogP contribution in [0.2, 0.25) is 0 Å². The molecule has 1 aromatic heterocycles. The third kappa shape index (κ3) is 6.93. The molecule has 2 amide bonds. The summed E-state index contributed by atoms with van der Waals surface area (Å²) in [4.78, 5) is 31.4. The Morgan fingerprint density at radius 2 is 1.82 bits per heavy atom. The van der Waals surface area contributed by atoms with E-state index in [1.54, 1.807) is 18.2 Å². The number of aromatic amines is 1. The van der Waals surface area contributed by atoms with E-state index in [0.717, 1.165) is 47.6 Å². The molecular weight excluding hydrogens is 550 g/mol. The van der Waals surface area contributed by atoms with Gasteiger partial charge in [0.2, 0.25) is 0 Å². The van der Waals surface area contributed by atoms with Gasteiger partial charge in [-0.2, -0.15) is 0 Å². The van der Waals surface area contributed by atoms with Gasteiger partial charge in [0.25, 0.3) is 11.8 Å². The fourth-order valence-corrected chi connectivity index (χ4v) is 5.62. The maximum Gasteiger partial charge on any atom is 0.256 e. The SMILES string of the molecule is C=C(NCCCN1CCCC1)c1c[nH]c(/C=C2\C(=O)Nc3cc(Oc4cccc(NC(=O)c5cccc(C)c5)c4)ccc32)c1. The van der Waals surface area contributed by atoms with Crippen LogP contribution < -0.4 is 20.7 Å². The Kier molecular flexibility index (Phi) is 8.61. The number of nitrogens with one attached hydrogen (secondary N) is 4. The van der Waals surface area contributed by atoms with Crippen LogP contribution in [0, 0.1) is 6.92 Å². The van der Waals surface area contributed by atoms with E-state index in [9.17, 15) is 9.59 Å². The molecule has 8 heteroatoms. The van der Waals surface area contributed by atoms with Gasteiger partial charge in [-0.3, -0.25) is 9.59 Å². The van der Waals surface area contributed by atoms with Gasteiger partial charge in [0.15, 0.2) is 0 Å². The number of fused-ring (bicyclic) bond motifs is 1. The van der Waals surface area contributed by atoms with E-state index in [1.807, 2.05) is 73.8 Å². The van der Waals surface area contributed by atoms with Gasteiger partial charge >= 0.3 is 0 Å². The van der Waals surface area contributed by atoms with Crippen LogP contribution in [-0.4, -0.2) is 47.9 Å². The first kappa shape index (κ1) is 29.0. The Labute approximate surface area is 257 Å². The Bertz CT molecular complexity index is 1730. The lowest BCUT2D eigenvalue weighted by atomic mass is 10.1. The Morgan fingerprint density at radius 3 is 2.66 bits per heavy atom. The van der Waals surface area contributed by atoms with Gasteiger partial charge in [0.1, 0.15) is 11.5 Å². The first-order valence-corrected chi connectivity index (χ1v) is 15.1. The number of likely N-dealkylation sites (tertiary alicyclic amines) is 1. The number of ether oxygens (including phenoxy) is 1. The molecule has 3 heterocycles. The molecule has 8 nitrogen and oxygen atoms in total. The predicted molar refractivity (Wildman–Crippen MR) is 177 cm³/mol. The summed E-state index contributed by atoms with van der Waals surface area (Å²) < 4.78 is 6.09. The number of carbonyl (C=O) groups is 2. The van der Waals surface area contributed by atoms with Gasteiger partial charge in [0.05, 0.1) is 11.3 Å². The number of benzene rings is 3. The Hall–Kier alpha value is -5.08. The van der Waals surface area contributed by atoms with Crippen molar-refractivity contribution in [3.8, 4) is 11.5 Å². The highest BCUT2D eigenvalue weighted by atomic mass is 16.5. The molecule has 0 spiro atoms. The molecule has 0 atom stereocenters. The zero-order valence-corrected chi connectivity index (χ0v) is 24.9. The molecule has 0 aliphatic carbocycles. The lowest BCUT2D eigenvalue weighted by Crippen LogP contribution is -2.24. The van der Waals surface area contributed by atoms with Crippen molar-refractivity contribution < 1.29 is 14.3 Å². The normalized spacial score (nSPS) is 15.2. The number of carbonyl (C=O) groups excluding carboxylic acids is 2. The van der Waals surface area contributed by atoms with Crippen LogP contribution in [0.4, 0.5) is 11.4 Å². The first-order chi connectivity index (χ1) is 21.4. The van der Waals surface area contributed by atoms with Crippen LogP contribution in [0.25, 0.3) is 17.3 Å². The van der Waals surface area contributed by atoms with Crippen molar-refractivity contribution >= 4 is 40.5 Å². The van der Waals surface area contributed by atoms with Crippen molar-refractivity contribution in [2.75, 3.05) is 36.8 Å². The maximum absolute atomic E-state index is 12.9. The molecule has 0 bridgehead atoms. The molecule has 6 rings (SSSR count). The minimum absolute atomic E-state index is 0.173. The van der Waals surface area contributed by atoms with Crippen molar-refractivity contribution in [2.45, 2.75) is 26.2 Å². The number of rotatable bonds is 11. The van der Waals surface area contributed by atoms with E-state index in [0.29, 0.717) is 34.0 Å². The minimum Gasteiger partial charge on any atom is -0.457 e. The van der Waals surface area contributed by atoms with Crippen molar-refractivity contribution in [2.24, 2.45) is 0 Å². The first-order valence-electron chi connectivity index (χ1n) is 15.1. The third-order valence-electron chi connectivity index (χ3n) is 7.92. The zero-order chi connectivity index (χ0) is 30.5. The van der Waals surface area contributed by atoms with Crippen molar-refractivity contribution in [1.29, 1.82) is 0 Å². The van der Waals surface area contributed by atoms with Gasteiger partial charge in [-0.1, -0.05) is 30.3 Å². The van der Waals surface area contributed by atoms with E-state index in [2.05, 4.69) is 32.4 Å². The standard InChI is InChI=1S/C36H37N5O3/c1-24-8-5-9-26(18-24)35(42)39-28-10-6-11-30(20-28)44-31-12-13-32-33(36(43)40-34(32)22-31)21-29-19-27(23-38-29)25(2)37-14-7-17-41-15-3-4-16-41/h5-6,8-13,18-23,37-38H,2-4,7,14-17H2,1H3,(H,39,42)(H,40,43)/b33-21-. The summed E-state index contributed by atoms with van der Waals surface area (Å²) in [5, 5.41) is 9.30. The molecule has 1 fully saturated rings. The Balaban J connectivity index is 1.08. The van der Waals surface area contributed by atoms with Crippen LogP contribution >= 0.6 is 0 Å². The molecule has 0 saturated carbocycles. The van der Waals surface area contributed by atoms with Crippen LogP contribution in [0.5, 0.6) is 11.5 Å². The zero-order valence-electron chi connectivity index (χ0n) is 24.9. The fraction of sp³-hybridized carbons (Fsp3) is 0.222. The monoisotopic (exact) mass is 587 g/mol. The van der Waals surface area contributed by atoms with E-state index in [4.69, 9.17) is 4.74 Å². The highest BCUT2D eigenvalue weighted by molar-refractivity contribution is 6.34. The fourth-order valence-electron chi connectivity index (χ4n) is 5.62. The van der Waals surface area contributed by atoms with E-state index >= 15 is 0 Å². The summed E-state index contributed by atoms with van der Waals surface area (Å²) in [6.07, 6.45) is 7.46. The highest BCUT2D eigenvalue weighted by Crippen LogP contribution is 2.37. The molecule has 2 aliphatic heterocycles. The summed E-state index contributed by atoms with van der Waals surface area (Å²) in [7, 11) is 0. The summed E-state index contributed by atoms with van der Waals surface area (Å²) in [5.41, 5.74) is 6.95. The number of hydrogen-bond acceptors (Lipinski definition) is 5. The highest BCUT2D eigenvalue weighted by Gasteiger charge is 2.25. The second-order valence-corrected chi connectivity index (χ2v) is 11.3. The molecule has 2 aliphatic rings. The lowest BCUT2D eigenvalue weighted by molar-refractivity contribution is -0.110. The summed E-state index contributed by atoms with van der Waals surface area (Å²) in [6, 6.07) is 22.2. The van der Waals surface area contributed by atoms with Gasteiger partial charge in [-0.25, -0.2) is 0 Å². The predicted octanol–water partition coefficient (Wildman–Crippen LogP) is 6.91. The lowest BCUT2D eigenvalue weighted by Gasteiger charge is -2.15. The quantitative estimate of drug-likeness (QED) is 0.113. The minimum atomic E-state index is -0.187. The van der Waals surface area contributed by atoms with E-state index < -0.39 is 0 Å². The molecule has 1 saturated heterocycles.